The summed E-state index contributed by atoms with van der Waals surface area (Å²) in [4.78, 5) is 50.7. The summed E-state index contributed by atoms with van der Waals surface area (Å²) >= 11 is 0. The molecule has 4 atom stereocenters. The number of carbonyl (C=O) groups excluding carboxylic acids is 4. The van der Waals surface area contributed by atoms with Crippen molar-refractivity contribution in [3.63, 3.8) is 0 Å². The lowest BCUT2D eigenvalue weighted by molar-refractivity contribution is -0.129. The predicted octanol–water partition coefficient (Wildman–Crippen LogP) is 4.16. The number of aromatic hydroxyl groups is 1. The minimum absolute atomic E-state index is 0.00936. The van der Waals surface area contributed by atoms with Crippen LogP contribution in [0, 0.1) is 35.0 Å². The number of likely N-dealkylation sites (tertiary alicyclic amines) is 2. The number of anilines is 1. The molecular weight excluding hydrogens is 552 g/mol. The van der Waals surface area contributed by atoms with Gasteiger partial charge in [-0.3, -0.25) is 14.4 Å². The van der Waals surface area contributed by atoms with E-state index in [0.717, 1.165) is 38.4 Å². The molecule has 0 spiro atoms. The Balaban J connectivity index is 0.000000326. The van der Waals surface area contributed by atoms with E-state index in [1.54, 1.807) is 24.8 Å². The summed E-state index contributed by atoms with van der Waals surface area (Å²) < 4.78 is 4.94. The van der Waals surface area contributed by atoms with Crippen LogP contribution in [0.3, 0.4) is 0 Å². The molecule has 0 bridgehead atoms. The van der Waals surface area contributed by atoms with Crippen LogP contribution in [0.25, 0.3) is 0 Å². The van der Waals surface area contributed by atoms with Crippen LogP contribution < -0.4 is 10.6 Å². The highest BCUT2D eigenvalue weighted by molar-refractivity contribution is 5.82. The first-order valence-corrected chi connectivity index (χ1v) is 15.1. The second-order valence-corrected chi connectivity index (χ2v) is 12.1. The highest BCUT2D eigenvalue weighted by atomic mass is 16.6. The van der Waals surface area contributed by atoms with Crippen molar-refractivity contribution in [3.05, 3.63) is 18.3 Å². The summed E-state index contributed by atoms with van der Waals surface area (Å²) in [7, 11) is 0. The highest BCUT2D eigenvalue weighted by Gasteiger charge is 2.36. The van der Waals surface area contributed by atoms with E-state index in [4.69, 9.17) is 15.1 Å². The number of ether oxygens (including phenoxy) is 1. The summed E-state index contributed by atoms with van der Waals surface area (Å²) in [5.41, 5.74) is 0. The Morgan fingerprint density at radius 3 is 2.21 bits per heavy atom. The molecule has 2 unspecified atom stereocenters. The molecule has 12 heteroatoms. The quantitative estimate of drug-likeness (QED) is 0.408. The Kier molecular flexibility index (Phi) is 17.4. The van der Waals surface area contributed by atoms with E-state index in [0.29, 0.717) is 24.2 Å². The molecule has 0 aromatic carbocycles. The Labute approximate surface area is 256 Å². The van der Waals surface area contributed by atoms with Crippen molar-refractivity contribution < 1.29 is 29.0 Å². The zero-order valence-electron chi connectivity index (χ0n) is 26.5. The molecule has 43 heavy (non-hydrogen) atoms. The van der Waals surface area contributed by atoms with Gasteiger partial charge < -0.3 is 30.3 Å². The van der Waals surface area contributed by atoms with E-state index in [2.05, 4.69) is 42.5 Å². The largest absolute Gasteiger partial charge is 0.504 e. The van der Waals surface area contributed by atoms with Crippen molar-refractivity contribution in [1.29, 1.82) is 5.26 Å². The summed E-state index contributed by atoms with van der Waals surface area (Å²) in [6.45, 7) is 14.6. The summed E-state index contributed by atoms with van der Waals surface area (Å²) in [5.74, 6) is 2.83. The van der Waals surface area contributed by atoms with Crippen LogP contribution >= 0.6 is 0 Å². The monoisotopic (exact) mass is 602 g/mol. The Bertz CT molecular complexity index is 1030. The van der Waals surface area contributed by atoms with Crippen LogP contribution in [0.4, 0.5) is 10.6 Å². The average molecular weight is 603 g/mol. The van der Waals surface area contributed by atoms with E-state index in [1.807, 2.05) is 11.8 Å². The summed E-state index contributed by atoms with van der Waals surface area (Å²) in [6, 6.07) is 4.93. The number of pyridine rings is 1. The molecule has 2 aliphatic heterocycles. The van der Waals surface area contributed by atoms with E-state index in [1.165, 1.54) is 37.9 Å². The molecule has 3 aliphatic rings. The van der Waals surface area contributed by atoms with Crippen LogP contribution in [0.2, 0.25) is 0 Å². The molecule has 3 N–H and O–H groups in total. The van der Waals surface area contributed by atoms with Crippen molar-refractivity contribution in [1.82, 2.24) is 20.1 Å². The molecule has 12 nitrogen and oxygen atoms in total. The van der Waals surface area contributed by atoms with Gasteiger partial charge in [-0.1, -0.05) is 40.5 Å². The number of alkyl carbamates (subject to hydrolysis) is 1. The van der Waals surface area contributed by atoms with Crippen molar-refractivity contribution in [2.24, 2.45) is 23.7 Å². The number of nitrogens with one attached hydrogen (secondary N) is 2. The second-order valence-electron chi connectivity index (χ2n) is 12.1. The van der Waals surface area contributed by atoms with Crippen molar-refractivity contribution >= 4 is 30.6 Å². The molecule has 1 aliphatic carbocycles. The van der Waals surface area contributed by atoms with Gasteiger partial charge in [-0.15, -0.1) is 0 Å². The van der Waals surface area contributed by atoms with Gasteiger partial charge in [0.2, 0.25) is 18.7 Å². The third kappa shape index (κ3) is 14.7. The van der Waals surface area contributed by atoms with Gasteiger partial charge in [0.1, 0.15) is 12.6 Å². The van der Waals surface area contributed by atoms with Crippen LogP contribution in [-0.4, -0.2) is 83.0 Å². The van der Waals surface area contributed by atoms with Gasteiger partial charge in [-0.25, -0.2) is 9.78 Å². The minimum Gasteiger partial charge on any atom is -0.504 e. The fourth-order valence-electron chi connectivity index (χ4n) is 5.01. The van der Waals surface area contributed by atoms with Crippen molar-refractivity contribution in [2.75, 3.05) is 31.5 Å². The zero-order chi connectivity index (χ0) is 32.4. The van der Waals surface area contributed by atoms with Crippen molar-refractivity contribution in [2.45, 2.75) is 85.8 Å². The van der Waals surface area contributed by atoms with Gasteiger partial charge in [0.05, 0.1) is 12.2 Å². The SMILES string of the molecule is CC(C)C.CC(C)OC(=O)NCC(=O)N1C[C@H]2CCCC[C@H]2C1.CC1CC(C#N)N(C=O)C1.O=CNc1ncccc1O. The smallest absolute Gasteiger partial charge is 0.407 e. The molecule has 2 saturated heterocycles. The van der Waals surface area contributed by atoms with E-state index >= 15 is 0 Å². The topological polar surface area (TPSA) is 165 Å². The number of aromatic nitrogens is 1. The first-order chi connectivity index (χ1) is 20.4. The van der Waals surface area contributed by atoms with Gasteiger partial charge in [0.15, 0.2) is 11.6 Å². The van der Waals surface area contributed by atoms with Gasteiger partial charge in [-0.2, -0.15) is 5.26 Å². The molecule has 4 rings (SSSR count). The third-order valence-electron chi connectivity index (χ3n) is 6.87. The van der Waals surface area contributed by atoms with Gasteiger partial charge in [0.25, 0.3) is 0 Å². The predicted molar refractivity (Wildman–Crippen MR) is 164 cm³/mol. The van der Waals surface area contributed by atoms with E-state index in [-0.39, 0.29) is 36.2 Å². The minimum atomic E-state index is -0.514. The summed E-state index contributed by atoms with van der Waals surface area (Å²) in [6.07, 6.45) is 7.93. The first-order valence-electron chi connectivity index (χ1n) is 15.1. The molecule has 1 aromatic rings. The van der Waals surface area contributed by atoms with Crippen LogP contribution in [0.15, 0.2) is 18.3 Å². The molecule has 3 heterocycles. The maximum atomic E-state index is 12.0. The zero-order valence-corrected chi connectivity index (χ0v) is 26.5. The van der Waals surface area contributed by atoms with Gasteiger partial charge in [0, 0.05) is 25.8 Å². The molecule has 3 fully saturated rings. The molecular formula is C31H50N6O6. The van der Waals surface area contributed by atoms with Gasteiger partial charge >= 0.3 is 6.09 Å². The van der Waals surface area contributed by atoms with Gasteiger partial charge in [-0.05, 0) is 68.9 Å². The number of amides is 4. The Morgan fingerprint density at radius 1 is 1.14 bits per heavy atom. The van der Waals surface area contributed by atoms with Crippen LogP contribution in [0.1, 0.15) is 73.6 Å². The van der Waals surface area contributed by atoms with Crippen LogP contribution in [0.5, 0.6) is 5.75 Å². The third-order valence-corrected chi connectivity index (χ3v) is 6.87. The lowest BCUT2D eigenvalue weighted by Gasteiger charge is -2.22. The molecule has 4 amide bonds. The molecule has 1 saturated carbocycles. The fourth-order valence-corrected chi connectivity index (χ4v) is 5.01. The standard InChI is InChI=1S/C14H24N2O3.C7H10N2O.C6H6N2O2.C4H10/c1-10(2)19-14(18)15-7-13(17)16-8-11-5-3-4-6-12(11)9-16;1-6-2-7(3-8)9(4-6)5-10;9-4-8-6-5(10)2-1-3-7-6;1-4(2)3/h10-12H,3-9H2,1-2H3,(H,15,18);5-7H,2,4H2,1H3;1-4,10H,(H,7,8,9);4H,1-3H3/t11-,12+;;;. The van der Waals surface area contributed by atoms with Crippen molar-refractivity contribution in [3.8, 4) is 11.8 Å². The first kappa shape index (κ1) is 37.1. The number of carbonyl (C=O) groups is 4. The van der Waals surface area contributed by atoms with E-state index < -0.39 is 6.09 Å². The molecule has 0 radical (unpaired) electrons. The average Bonchev–Trinajstić information content (AvgIpc) is 3.56. The number of rotatable bonds is 6. The second kappa shape index (κ2) is 20.1. The Morgan fingerprint density at radius 2 is 1.74 bits per heavy atom. The highest BCUT2D eigenvalue weighted by Crippen LogP contribution is 2.35. The number of nitriles is 1. The number of hydrogen-bond donors (Lipinski definition) is 3. The van der Waals surface area contributed by atoms with E-state index in [9.17, 15) is 19.2 Å². The maximum absolute atomic E-state index is 12.0. The number of hydrogen-bond acceptors (Lipinski definition) is 8. The lowest BCUT2D eigenvalue weighted by Crippen LogP contribution is -2.39. The number of nitrogens with zero attached hydrogens (tertiary/aromatic N) is 4. The fraction of sp³-hybridized carbons (Fsp3) is 0.677. The molecule has 1 aromatic heterocycles. The Hall–Kier alpha value is -3.88. The summed E-state index contributed by atoms with van der Waals surface area (Å²) in [5, 5.41) is 22.2. The maximum Gasteiger partial charge on any atom is 0.407 e. The number of fused-ring (bicyclic) bond motifs is 1. The molecule has 240 valence electrons. The normalized spacial score (nSPS) is 21.8. The lowest BCUT2D eigenvalue weighted by atomic mass is 9.82. The van der Waals surface area contributed by atoms with Crippen LogP contribution in [-0.2, 0) is 19.1 Å².